The number of esters is 1. The number of cyclic esters (lactones) is 1. The maximum absolute atomic E-state index is 15.5. The number of nitrogens with zero attached hydrogens (tertiary/aromatic N) is 7. The van der Waals surface area contributed by atoms with Crippen LogP contribution in [0.25, 0.3) is 0 Å². The van der Waals surface area contributed by atoms with Gasteiger partial charge >= 0.3 is 5.97 Å². The molecule has 2 aliphatic heterocycles. The fourth-order valence-electron chi connectivity index (χ4n) is 16.3. The number of methoxy groups -OCH3 is 1. The van der Waals surface area contributed by atoms with Gasteiger partial charge in [-0.05, 0) is 75.2 Å². The Morgan fingerprint density at radius 1 is 0.504 bits per heavy atom. The summed E-state index contributed by atoms with van der Waals surface area (Å²) in [6.45, 7) is 22.4. The van der Waals surface area contributed by atoms with Crippen molar-refractivity contribution in [2.45, 2.75) is 284 Å². The molecule has 2 aliphatic rings. The summed E-state index contributed by atoms with van der Waals surface area (Å²) in [6, 6.07) is -18.5. The summed E-state index contributed by atoms with van der Waals surface area (Å²) in [4.78, 5) is 348. The molecule has 23 amide bonds. The van der Waals surface area contributed by atoms with Crippen LogP contribution in [0.1, 0.15) is 181 Å². The molecule has 0 aromatic heterocycles. The van der Waals surface area contributed by atoms with Gasteiger partial charge in [0.25, 0.3) is 0 Å². The van der Waals surface area contributed by atoms with Crippen LogP contribution >= 0.6 is 0 Å². The van der Waals surface area contributed by atoms with Crippen LogP contribution in [0, 0.1) is 35.5 Å². The van der Waals surface area contributed by atoms with Crippen molar-refractivity contribution in [3.05, 3.63) is 47.2 Å². The number of hydrogen-bond donors (Lipinski definition) is 16. The van der Waals surface area contributed by atoms with Gasteiger partial charge in [-0.25, -0.2) is 4.79 Å². The first kappa shape index (κ1) is 121. The molecule has 1 saturated heterocycles. The molecule has 1 fully saturated rings. The van der Waals surface area contributed by atoms with E-state index >= 15 is 38.4 Å². The molecule has 20 atom stereocenters. The number of ether oxygens (including phenoxy) is 2. The zero-order valence-electron chi connectivity index (χ0n) is 85.0. The number of fused-ring (bicyclic) bond motifs is 1. The van der Waals surface area contributed by atoms with Crippen molar-refractivity contribution in [1.29, 1.82) is 0 Å². The smallest absolute Gasteiger partial charge is 0.329 e. The second-order valence-corrected chi connectivity index (χ2v) is 37.3. The molecule has 49 heteroatoms. The molecule has 3 rings (SSSR count). The number of nitrogens with two attached hydrogens (primary N) is 5. The summed E-state index contributed by atoms with van der Waals surface area (Å²) in [5.41, 5.74) is 28.5. The molecule has 1 aromatic carbocycles. The maximum atomic E-state index is 15.5. The molecule has 141 heavy (non-hydrogen) atoms. The van der Waals surface area contributed by atoms with Crippen LogP contribution in [0.5, 0.6) is 0 Å². The van der Waals surface area contributed by atoms with Crippen LogP contribution in [0.4, 0.5) is 0 Å². The molecular weight excluding hydrogens is 1840 g/mol. The van der Waals surface area contributed by atoms with Gasteiger partial charge in [-0.1, -0.05) is 133 Å². The Morgan fingerprint density at radius 3 is 1.50 bits per heavy atom. The number of amides is 23. The number of carbonyl (C=O) groups is 24. The Labute approximate surface area is 820 Å². The SMILES string of the molecule is CCC(C)C1NC(=O)C(C)NC(=O)C(CC(N)=O)NC(=O)CN(C)C(=O)C(CC(N)=O)NC(=O)C(NC(=O)C(CC(N)=O)NC(=O)C(CC(C)C)N(C)C(=O)C(C(C)C)N(C)C(=O)C(C(C)CC)N(C)C(=O)C(CC(N)=O)N(C)C(=O)C(C(C)C)N(C)C(=O)C(Cc2ccccc2)NC(=O)COC)C(C)OC(=O)C(C(C)CC)N(C)C(=O)C(C)NC(=O)C(CC(N)=O)NC(=O)C(C)=C2NC(=O)CC2NC1=O. The summed E-state index contributed by atoms with van der Waals surface area (Å²) < 4.78 is 11.0. The van der Waals surface area contributed by atoms with E-state index in [0.717, 1.165) is 64.3 Å². The van der Waals surface area contributed by atoms with E-state index in [1.165, 1.54) is 56.2 Å². The van der Waals surface area contributed by atoms with E-state index in [1.807, 2.05) is 0 Å². The molecule has 0 radical (unpaired) electrons. The Kier molecular flexibility index (Phi) is 48.1. The molecule has 786 valence electrons. The molecule has 20 unspecified atom stereocenters. The summed E-state index contributed by atoms with van der Waals surface area (Å²) in [5.74, 6) is -30.7. The van der Waals surface area contributed by atoms with Gasteiger partial charge in [0.05, 0.1) is 51.1 Å². The van der Waals surface area contributed by atoms with Crippen molar-refractivity contribution in [2.24, 2.45) is 64.2 Å². The van der Waals surface area contributed by atoms with Crippen molar-refractivity contribution in [3.8, 4) is 0 Å². The Balaban J connectivity index is 2.30. The maximum Gasteiger partial charge on any atom is 0.329 e. The largest absolute Gasteiger partial charge is 0.458 e. The standard InChI is InChI=1S/C92H147N23O26/c1-25-46(10)70-83(130)102-54-39-67(121)106-71(54)49(13)77(124)103-56(36-63(94)117)80(127)99-51(15)85(132)115(23)76(48(12)27-3)92(139)141-52(16)72(84(131)105-59(38-65(96)119)86(133)109(17)41-68(122)100-55(35-62(93)116)79(126)98-50(14)78(125)107-70)108-81(128)57(37-64(95)118)104-82(129)60(33-43(4)5)110(18)89(136)74(45(8)9)113(21)91(138)75(47(11)26-2)114(22)88(135)61(40-66(97)120)111(19)90(137)73(44(6)7)112(20)87(134)58(101-69(123)42-140-24)34-53-31-29-28-30-32-53/h28-32,43-48,50-52,54-61,70,72-76H,25-27,33-42H2,1-24H3,(H2,93,116)(H2,94,117)(H2,95,118)(H2,96,119)(H2,97,120)(H,98,126)(H,99,127)(H,100,122)(H,101,123)(H,102,130)(H,103,124)(H,104,129)(H,105,131)(H,106,121)(H,107,125)(H,108,128). The molecule has 21 N–H and O–H groups in total. The molecule has 49 nitrogen and oxygen atoms in total. The van der Waals surface area contributed by atoms with Crippen molar-refractivity contribution in [1.82, 2.24) is 92.8 Å². The Morgan fingerprint density at radius 2 is 1.00 bits per heavy atom. The average Bonchev–Trinajstić information content (AvgIpc) is 1.63. The van der Waals surface area contributed by atoms with E-state index < -0.39 is 332 Å². The quantitative estimate of drug-likeness (QED) is 0.0273. The minimum atomic E-state index is -2.38. The minimum absolute atomic E-state index is 0.00880. The van der Waals surface area contributed by atoms with E-state index in [2.05, 4.69) is 58.5 Å². The van der Waals surface area contributed by atoms with Gasteiger partial charge in [-0.3, -0.25) is 110 Å². The van der Waals surface area contributed by atoms with Gasteiger partial charge in [0.1, 0.15) is 103 Å². The molecule has 0 aliphatic carbocycles. The monoisotopic (exact) mass is 1990 g/mol. The average molecular weight is 1990 g/mol. The highest BCUT2D eigenvalue weighted by atomic mass is 16.5. The van der Waals surface area contributed by atoms with Gasteiger partial charge in [0.15, 0.2) is 0 Å². The van der Waals surface area contributed by atoms with Crippen molar-refractivity contribution in [2.75, 3.05) is 69.6 Å². The second-order valence-electron chi connectivity index (χ2n) is 37.3. The lowest BCUT2D eigenvalue weighted by Crippen LogP contribution is -2.63. The number of hydrogen-bond acceptors (Lipinski definition) is 26. The first-order valence-electron chi connectivity index (χ1n) is 46.6. The molecule has 0 bridgehead atoms. The van der Waals surface area contributed by atoms with E-state index in [-0.39, 0.29) is 43.4 Å². The Bertz CT molecular complexity index is 4780. The molecule has 1 aromatic rings. The van der Waals surface area contributed by atoms with E-state index in [0.29, 0.717) is 10.5 Å². The van der Waals surface area contributed by atoms with Crippen LogP contribution in [-0.4, -0.2) is 349 Å². The number of rotatable bonds is 39. The summed E-state index contributed by atoms with van der Waals surface area (Å²) in [5, 5.41) is 26.6. The second kappa shape index (κ2) is 55.9. The van der Waals surface area contributed by atoms with Crippen molar-refractivity contribution >= 4 is 142 Å². The fourth-order valence-corrected chi connectivity index (χ4v) is 16.3. The molecule has 0 saturated carbocycles. The van der Waals surface area contributed by atoms with Crippen LogP contribution in [0.15, 0.2) is 41.6 Å². The van der Waals surface area contributed by atoms with Gasteiger partial charge in [-0.2, -0.15) is 0 Å². The fraction of sp³-hybridized carbons (Fsp3) is 0.652. The van der Waals surface area contributed by atoms with Crippen LogP contribution < -0.4 is 87.2 Å². The zero-order chi connectivity index (χ0) is 108. The number of nitrogens with one attached hydrogen (secondary N) is 11. The van der Waals surface area contributed by atoms with Crippen molar-refractivity contribution in [3.63, 3.8) is 0 Å². The van der Waals surface area contributed by atoms with Crippen LogP contribution in [0.3, 0.4) is 0 Å². The van der Waals surface area contributed by atoms with E-state index in [1.54, 1.807) is 106 Å². The number of primary amides is 5. The lowest BCUT2D eigenvalue weighted by Gasteiger charge is -2.42. The van der Waals surface area contributed by atoms with Gasteiger partial charge in [0.2, 0.25) is 136 Å². The summed E-state index contributed by atoms with van der Waals surface area (Å²) >= 11 is 0. The van der Waals surface area contributed by atoms with Crippen molar-refractivity contribution < 1.29 is 125 Å². The predicted octanol–water partition coefficient (Wildman–Crippen LogP) is -6.20. The number of carbonyl (C=O) groups excluding carboxylic acids is 24. The van der Waals surface area contributed by atoms with Gasteiger partial charge < -0.3 is 131 Å². The third kappa shape index (κ3) is 35.2. The van der Waals surface area contributed by atoms with Gasteiger partial charge in [0, 0.05) is 74.1 Å². The Hall–Kier alpha value is -13.8. The zero-order valence-corrected chi connectivity index (χ0v) is 85.0. The third-order valence-corrected chi connectivity index (χ3v) is 24.8. The topological polar surface area (TPSA) is 713 Å². The predicted molar refractivity (Wildman–Crippen MR) is 507 cm³/mol. The lowest BCUT2D eigenvalue weighted by molar-refractivity contribution is -0.163. The first-order chi connectivity index (χ1) is 65.5. The normalized spacial score (nSPS) is 22.1. The highest BCUT2D eigenvalue weighted by Gasteiger charge is 2.49. The highest BCUT2D eigenvalue weighted by Crippen LogP contribution is 2.28. The number of benzene rings is 1. The van der Waals surface area contributed by atoms with Crippen LogP contribution in [0.2, 0.25) is 0 Å². The summed E-state index contributed by atoms with van der Waals surface area (Å²) in [6.07, 6.45) is -7.20. The number of likely N-dealkylation sites (N-methyl/N-ethyl adjacent to an activating group) is 7. The van der Waals surface area contributed by atoms with E-state index in [4.69, 9.17) is 38.1 Å². The first-order valence-corrected chi connectivity index (χ1v) is 46.6. The van der Waals surface area contributed by atoms with Gasteiger partial charge in [-0.15, -0.1) is 0 Å². The molecule has 2 heterocycles. The minimum Gasteiger partial charge on any atom is -0.458 e. The molecular formula is C92H147N23O26. The molecule has 0 spiro atoms. The third-order valence-electron chi connectivity index (χ3n) is 24.8. The highest BCUT2D eigenvalue weighted by molar-refractivity contribution is 6.05. The summed E-state index contributed by atoms with van der Waals surface area (Å²) in [7, 11) is 9.63. The van der Waals surface area contributed by atoms with Crippen LogP contribution in [-0.2, 0) is 131 Å². The lowest BCUT2D eigenvalue weighted by atomic mass is 9.92. The van der Waals surface area contributed by atoms with E-state index in [9.17, 15) is 76.7 Å².